The molecule has 0 radical (unpaired) electrons. The molecule has 162 valence electrons. The molecule has 7 heteroatoms. The molecule has 4 aliphatic rings. The average molecular weight is 414 g/mol. The summed E-state index contributed by atoms with van der Waals surface area (Å²) in [6.07, 6.45) is 6.93. The van der Waals surface area contributed by atoms with Crippen LogP contribution in [0, 0.1) is 11.8 Å². The average Bonchev–Trinajstić information content (AvgIpc) is 3.35. The van der Waals surface area contributed by atoms with E-state index >= 15 is 0 Å². The Kier molecular flexibility index (Phi) is 4.25. The Morgan fingerprint density at radius 1 is 1.27 bits per heavy atom. The zero-order valence-electron chi connectivity index (χ0n) is 18.1. The number of fused-ring (bicyclic) bond motifs is 1. The second kappa shape index (κ2) is 6.44. The molecule has 2 amide bonds. The van der Waals surface area contributed by atoms with Crippen LogP contribution in [-0.2, 0) is 20.9 Å². The molecule has 4 atom stereocenters. The number of hydrogen-bond acceptors (Lipinski definition) is 5. The topological polar surface area (TPSA) is 83.8 Å². The van der Waals surface area contributed by atoms with Gasteiger partial charge in [0.2, 0.25) is 11.8 Å². The lowest BCUT2D eigenvalue weighted by molar-refractivity contribution is -0.138. The highest BCUT2D eigenvalue weighted by Crippen LogP contribution is 2.52. The predicted octanol–water partition coefficient (Wildman–Crippen LogP) is 1.99. The van der Waals surface area contributed by atoms with Crippen molar-refractivity contribution in [3.63, 3.8) is 0 Å². The zero-order valence-corrected chi connectivity index (χ0v) is 18.1. The molecule has 2 N–H and O–H groups in total. The molecule has 1 aromatic heterocycles. The van der Waals surface area contributed by atoms with Crippen LogP contribution in [0.2, 0.25) is 0 Å². The fourth-order valence-electron chi connectivity index (χ4n) is 6.32. The molecule has 3 fully saturated rings. The van der Waals surface area contributed by atoms with Crippen LogP contribution in [0.4, 0.5) is 0 Å². The van der Waals surface area contributed by atoms with Gasteiger partial charge in [0, 0.05) is 17.1 Å². The van der Waals surface area contributed by atoms with Crippen LogP contribution >= 0.6 is 0 Å². The molecule has 4 unspecified atom stereocenters. The first-order valence-electron chi connectivity index (χ1n) is 10.9. The van der Waals surface area contributed by atoms with Crippen molar-refractivity contribution in [3.8, 4) is 0 Å². The van der Waals surface area contributed by atoms with Gasteiger partial charge in [0.25, 0.3) is 0 Å². The van der Waals surface area contributed by atoms with E-state index in [1.165, 1.54) is 0 Å². The van der Waals surface area contributed by atoms with E-state index in [2.05, 4.69) is 38.3 Å². The molecule has 1 aromatic rings. The SMILES string of the molecule is CC1(C)CC(NC(=O)C2C3C=CC4(CN(Cc5ccco5)C(=O)C24)O3)CC(C)(C)N1. The summed E-state index contributed by atoms with van der Waals surface area (Å²) in [5, 5.41) is 6.91. The number of ether oxygens (including phenoxy) is 1. The highest BCUT2D eigenvalue weighted by atomic mass is 16.5. The van der Waals surface area contributed by atoms with Crippen LogP contribution < -0.4 is 10.6 Å². The number of amides is 2. The van der Waals surface area contributed by atoms with Gasteiger partial charge in [0.1, 0.15) is 11.4 Å². The summed E-state index contributed by atoms with van der Waals surface area (Å²) in [5.74, 6) is -0.305. The van der Waals surface area contributed by atoms with Gasteiger partial charge in [0.05, 0.1) is 37.3 Å². The van der Waals surface area contributed by atoms with Crippen molar-refractivity contribution in [1.82, 2.24) is 15.5 Å². The lowest BCUT2D eigenvalue weighted by Crippen LogP contribution is -2.62. The van der Waals surface area contributed by atoms with Crippen molar-refractivity contribution < 1.29 is 18.7 Å². The summed E-state index contributed by atoms with van der Waals surface area (Å²) in [4.78, 5) is 28.4. The number of likely N-dealkylation sites (tertiary alicyclic amines) is 1. The quantitative estimate of drug-likeness (QED) is 0.738. The molecule has 7 nitrogen and oxygen atoms in total. The van der Waals surface area contributed by atoms with Crippen LogP contribution in [0.5, 0.6) is 0 Å². The first-order chi connectivity index (χ1) is 14.1. The van der Waals surface area contributed by atoms with Crippen molar-refractivity contribution >= 4 is 11.8 Å². The Balaban J connectivity index is 1.33. The number of hydrogen-bond donors (Lipinski definition) is 2. The van der Waals surface area contributed by atoms with E-state index < -0.39 is 17.4 Å². The normalized spacial score (nSPS) is 36.3. The fourth-order valence-corrected chi connectivity index (χ4v) is 6.32. The summed E-state index contributed by atoms with van der Waals surface area (Å²) in [6, 6.07) is 3.74. The summed E-state index contributed by atoms with van der Waals surface area (Å²) in [5.41, 5.74) is -0.812. The molecule has 3 saturated heterocycles. The molecular formula is C23H31N3O4. The molecule has 30 heavy (non-hydrogen) atoms. The van der Waals surface area contributed by atoms with Crippen molar-refractivity contribution in [2.45, 2.75) is 75.9 Å². The van der Waals surface area contributed by atoms with Gasteiger partial charge in [-0.2, -0.15) is 0 Å². The summed E-state index contributed by atoms with van der Waals surface area (Å²) in [7, 11) is 0. The van der Waals surface area contributed by atoms with E-state index in [0.29, 0.717) is 13.1 Å². The summed E-state index contributed by atoms with van der Waals surface area (Å²) < 4.78 is 11.6. The van der Waals surface area contributed by atoms with Gasteiger partial charge in [-0.1, -0.05) is 12.2 Å². The van der Waals surface area contributed by atoms with E-state index in [9.17, 15) is 9.59 Å². The molecule has 0 aromatic carbocycles. The Morgan fingerprint density at radius 2 is 2.00 bits per heavy atom. The monoisotopic (exact) mass is 413 g/mol. The standard InChI is InChI=1S/C23H31N3O4/c1-21(2)10-14(11-22(3,4)25-21)24-19(27)17-16-7-8-23(30-16)13-26(20(28)18(17)23)12-15-6-5-9-29-15/h5-9,14,16-18,25H,10-13H2,1-4H3,(H,24,27). The smallest absolute Gasteiger partial charge is 0.230 e. The van der Waals surface area contributed by atoms with E-state index in [1.807, 2.05) is 24.3 Å². The van der Waals surface area contributed by atoms with Crippen LogP contribution in [0.3, 0.4) is 0 Å². The van der Waals surface area contributed by atoms with Gasteiger partial charge in [-0.15, -0.1) is 0 Å². The van der Waals surface area contributed by atoms with E-state index in [4.69, 9.17) is 9.15 Å². The van der Waals surface area contributed by atoms with Crippen LogP contribution in [0.1, 0.15) is 46.3 Å². The van der Waals surface area contributed by atoms with Crippen LogP contribution in [-0.4, -0.2) is 52.1 Å². The third-order valence-corrected chi connectivity index (χ3v) is 6.94. The first kappa shape index (κ1) is 19.8. The molecule has 4 aliphatic heterocycles. The number of rotatable bonds is 4. The zero-order chi connectivity index (χ0) is 21.3. The molecule has 5 rings (SSSR count). The highest BCUT2D eigenvalue weighted by Gasteiger charge is 2.67. The van der Waals surface area contributed by atoms with Crippen LogP contribution in [0.15, 0.2) is 35.0 Å². The molecule has 0 aliphatic carbocycles. The van der Waals surface area contributed by atoms with Crippen molar-refractivity contribution in [2.75, 3.05) is 6.54 Å². The highest BCUT2D eigenvalue weighted by molar-refractivity contribution is 5.93. The fraction of sp³-hybridized carbons (Fsp3) is 0.652. The largest absolute Gasteiger partial charge is 0.467 e. The maximum atomic E-state index is 13.4. The van der Waals surface area contributed by atoms with Crippen LogP contribution in [0.25, 0.3) is 0 Å². The van der Waals surface area contributed by atoms with E-state index in [-0.39, 0.29) is 35.0 Å². The maximum absolute atomic E-state index is 13.4. The lowest BCUT2D eigenvalue weighted by Gasteiger charge is -2.47. The minimum absolute atomic E-state index is 0.0237. The van der Waals surface area contributed by atoms with Crippen molar-refractivity contribution in [1.29, 1.82) is 0 Å². The van der Waals surface area contributed by atoms with Gasteiger partial charge in [-0.05, 0) is 52.7 Å². The maximum Gasteiger partial charge on any atom is 0.230 e. The Morgan fingerprint density at radius 3 is 2.67 bits per heavy atom. The molecule has 0 saturated carbocycles. The Labute approximate surface area is 177 Å². The third kappa shape index (κ3) is 3.19. The van der Waals surface area contributed by atoms with Crippen molar-refractivity contribution in [3.05, 3.63) is 36.3 Å². The summed E-state index contributed by atoms with van der Waals surface area (Å²) in [6.45, 7) is 9.52. The minimum Gasteiger partial charge on any atom is -0.467 e. The minimum atomic E-state index is -0.691. The van der Waals surface area contributed by atoms with E-state index in [1.54, 1.807) is 11.2 Å². The number of nitrogens with one attached hydrogen (secondary N) is 2. The predicted molar refractivity (Wildman–Crippen MR) is 110 cm³/mol. The van der Waals surface area contributed by atoms with Crippen molar-refractivity contribution in [2.24, 2.45) is 11.8 Å². The first-order valence-corrected chi connectivity index (χ1v) is 10.9. The molecule has 5 heterocycles. The Bertz CT molecular complexity index is 874. The lowest BCUT2D eigenvalue weighted by atomic mass is 9.75. The summed E-state index contributed by atoms with van der Waals surface area (Å²) >= 11 is 0. The number of furan rings is 1. The number of piperidine rings is 1. The molecule has 2 bridgehead atoms. The third-order valence-electron chi connectivity index (χ3n) is 6.94. The second-order valence-electron chi connectivity index (χ2n) is 10.7. The Hall–Kier alpha value is -2.12. The van der Waals surface area contributed by atoms with Gasteiger partial charge in [-0.3, -0.25) is 9.59 Å². The van der Waals surface area contributed by atoms with E-state index in [0.717, 1.165) is 18.6 Å². The number of carbonyl (C=O) groups excluding carboxylic acids is 2. The van der Waals surface area contributed by atoms with Gasteiger partial charge >= 0.3 is 0 Å². The van der Waals surface area contributed by atoms with Gasteiger partial charge in [-0.25, -0.2) is 0 Å². The van der Waals surface area contributed by atoms with Gasteiger partial charge < -0.3 is 24.7 Å². The second-order valence-corrected chi connectivity index (χ2v) is 10.7. The number of nitrogens with zero attached hydrogens (tertiary/aromatic N) is 1. The molecule has 1 spiro atoms. The molecular weight excluding hydrogens is 382 g/mol. The van der Waals surface area contributed by atoms with Gasteiger partial charge in [0.15, 0.2) is 0 Å². The number of carbonyl (C=O) groups is 2.